The maximum Gasteiger partial charge on any atom is 0.336 e. The van der Waals surface area contributed by atoms with Gasteiger partial charge in [-0.3, -0.25) is 0 Å². The van der Waals surface area contributed by atoms with E-state index in [0.717, 1.165) is 0 Å². The van der Waals surface area contributed by atoms with E-state index in [-0.39, 0.29) is 0 Å². The molecule has 5 heteroatoms. The van der Waals surface area contributed by atoms with Crippen LogP contribution in [0.1, 0.15) is 0 Å². The predicted molar refractivity (Wildman–Crippen MR) is 67.0 cm³/mol. The molecule has 0 aliphatic rings. The second-order valence-electron chi connectivity index (χ2n) is 3.28. The SMILES string of the molecule is COc1ccc(Cl)c(Cl)c1-c1ccoc(=O)c1. The van der Waals surface area contributed by atoms with Crippen LogP contribution in [0.4, 0.5) is 0 Å². The molecule has 1 aromatic carbocycles. The molecule has 88 valence electrons. The average Bonchev–Trinajstić information content (AvgIpc) is 2.32. The van der Waals surface area contributed by atoms with Gasteiger partial charge in [0.05, 0.1) is 23.4 Å². The smallest absolute Gasteiger partial charge is 0.336 e. The Morgan fingerprint density at radius 1 is 1.24 bits per heavy atom. The first-order valence-electron chi connectivity index (χ1n) is 4.74. The Bertz CT molecular complexity index is 605. The normalized spacial score (nSPS) is 10.3. The fraction of sp³-hybridized carbons (Fsp3) is 0.0833. The van der Waals surface area contributed by atoms with Crippen molar-refractivity contribution in [2.75, 3.05) is 7.11 Å². The van der Waals surface area contributed by atoms with Crippen molar-refractivity contribution in [2.24, 2.45) is 0 Å². The van der Waals surface area contributed by atoms with Crippen molar-refractivity contribution in [3.05, 3.63) is 51.0 Å². The van der Waals surface area contributed by atoms with Gasteiger partial charge in [0.25, 0.3) is 0 Å². The van der Waals surface area contributed by atoms with Gasteiger partial charge in [-0.15, -0.1) is 0 Å². The minimum Gasteiger partial charge on any atom is -0.496 e. The highest BCUT2D eigenvalue weighted by Gasteiger charge is 2.14. The van der Waals surface area contributed by atoms with E-state index in [4.69, 9.17) is 27.9 Å². The molecular weight excluding hydrogens is 263 g/mol. The topological polar surface area (TPSA) is 39.4 Å². The minimum atomic E-state index is -0.458. The summed E-state index contributed by atoms with van der Waals surface area (Å²) in [4.78, 5) is 11.2. The molecule has 3 nitrogen and oxygen atoms in total. The summed E-state index contributed by atoms with van der Waals surface area (Å²) in [5.74, 6) is 0.546. The van der Waals surface area contributed by atoms with Crippen LogP contribution in [0.15, 0.2) is 39.7 Å². The molecule has 17 heavy (non-hydrogen) atoms. The number of hydrogen-bond donors (Lipinski definition) is 0. The zero-order valence-corrected chi connectivity index (χ0v) is 10.4. The van der Waals surface area contributed by atoms with Crippen LogP contribution >= 0.6 is 23.2 Å². The Hall–Kier alpha value is -1.45. The summed E-state index contributed by atoms with van der Waals surface area (Å²) in [5, 5.41) is 0.743. The molecule has 2 aromatic rings. The average molecular weight is 271 g/mol. The summed E-state index contributed by atoms with van der Waals surface area (Å²) in [5.41, 5.74) is 0.723. The Morgan fingerprint density at radius 2 is 2.00 bits per heavy atom. The van der Waals surface area contributed by atoms with Crippen LogP contribution in [0.3, 0.4) is 0 Å². The molecule has 0 saturated heterocycles. The Balaban J connectivity index is 2.73. The van der Waals surface area contributed by atoms with Crippen LogP contribution in [0.5, 0.6) is 5.75 Å². The number of halogens is 2. The maximum absolute atomic E-state index is 11.2. The maximum atomic E-state index is 11.2. The van der Waals surface area contributed by atoms with Crippen molar-refractivity contribution in [2.45, 2.75) is 0 Å². The zero-order valence-electron chi connectivity index (χ0n) is 8.87. The van der Waals surface area contributed by atoms with E-state index in [9.17, 15) is 4.79 Å². The van der Waals surface area contributed by atoms with E-state index in [1.54, 1.807) is 18.2 Å². The third-order valence-electron chi connectivity index (χ3n) is 2.27. The molecule has 1 heterocycles. The molecule has 0 aliphatic carbocycles. The Labute approximate surface area is 108 Å². The second kappa shape index (κ2) is 4.82. The van der Waals surface area contributed by atoms with Gasteiger partial charge in [-0.25, -0.2) is 4.79 Å². The van der Waals surface area contributed by atoms with Crippen LogP contribution in [0, 0.1) is 0 Å². The van der Waals surface area contributed by atoms with Crippen LogP contribution < -0.4 is 10.4 Å². The van der Waals surface area contributed by atoms with Crippen LogP contribution in [0.2, 0.25) is 10.0 Å². The fourth-order valence-corrected chi connectivity index (χ4v) is 1.93. The summed E-state index contributed by atoms with van der Waals surface area (Å²) in [7, 11) is 1.52. The summed E-state index contributed by atoms with van der Waals surface area (Å²) >= 11 is 12.1. The van der Waals surface area contributed by atoms with E-state index in [0.29, 0.717) is 26.9 Å². The molecule has 2 rings (SSSR count). The number of methoxy groups -OCH3 is 1. The van der Waals surface area contributed by atoms with E-state index in [1.807, 2.05) is 0 Å². The molecule has 0 unspecified atom stereocenters. The van der Waals surface area contributed by atoms with Crippen molar-refractivity contribution in [3.63, 3.8) is 0 Å². The van der Waals surface area contributed by atoms with Crippen LogP contribution in [0.25, 0.3) is 11.1 Å². The Kier molecular flexibility index (Phi) is 3.41. The molecule has 0 saturated carbocycles. The first-order valence-corrected chi connectivity index (χ1v) is 5.50. The van der Waals surface area contributed by atoms with Crippen molar-refractivity contribution >= 4 is 23.2 Å². The summed E-state index contributed by atoms with van der Waals surface area (Å²) in [6.07, 6.45) is 1.30. The fourth-order valence-electron chi connectivity index (χ4n) is 1.51. The first-order chi connectivity index (χ1) is 8.13. The van der Waals surface area contributed by atoms with Crippen molar-refractivity contribution < 1.29 is 9.15 Å². The Morgan fingerprint density at radius 3 is 2.65 bits per heavy atom. The molecule has 0 atom stereocenters. The van der Waals surface area contributed by atoms with Gasteiger partial charge in [0.15, 0.2) is 0 Å². The van der Waals surface area contributed by atoms with Gasteiger partial charge < -0.3 is 9.15 Å². The van der Waals surface area contributed by atoms with Crippen LogP contribution in [-0.4, -0.2) is 7.11 Å². The lowest BCUT2D eigenvalue weighted by Crippen LogP contribution is -1.97. The number of hydrogen-bond acceptors (Lipinski definition) is 3. The molecule has 0 bridgehead atoms. The lowest BCUT2D eigenvalue weighted by Gasteiger charge is -2.11. The summed E-state index contributed by atoms with van der Waals surface area (Å²) < 4.78 is 9.86. The lowest BCUT2D eigenvalue weighted by atomic mass is 10.1. The van der Waals surface area contributed by atoms with Crippen molar-refractivity contribution in [1.29, 1.82) is 0 Å². The standard InChI is InChI=1S/C12H8Cl2O3/c1-16-9-3-2-8(13)12(14)11(9)7-4-5-17-10(15)6-7/h2-6H,1H3. The van der Waals surface area contributed by atoms with Crippen molar-refractivity contribution in [3.8, 4) is 16.9 Å². The zero-order chi connectivity index (χ0) is 12.4. The van der Waals surface area contributed by atoms with Gasteiger partial charge >= 0.3 is 5.63 Å². The predicted octanol–water partition coefficient (Wildman–Crippen LogP) is 3.62. The van der Waals surface area contributed by atoms with Gasteiger partial charge in [0.2, 0.25) is 0 Å². The monoisotopic (exact) mass is 270 g/mol. The molecular formula is C12H8Cl2O3. The van der Waals surface area contributed by atoms with Gasteiger partial charge in [-0.1, -0.05) is 23.2 Å². The van der Waals surface area contributed by atoms with Gasteiger partial charge in [0, 0.05) is 11.6 Å². The van der Waals surface area contributed by atoms with E-state index >= 15 is 0 Å². The number of rotatable bonds is 2. The van der Waals surface area contributed by atoms with Gasteiger partial charge in [0.1, 0.15) is 5.75 Å². The lowest BCUT2D eigenvalue weighted by molar-refractivity contribution is 0.416. The van der Waals surface area contributed by atoms with E-state index in [2.05, 4.69) is 4.42 Å². The van der Waals surface area contributed by atoms with Crippen molar-refractivity contribution in [1.82, 2.24) is 0 Å². The van der Waals surface area contributed by atoms with Gasteiger partial charge in [-0.05, 0) is 23.8 Å². The summed E-state index contributed by atoms with van der Waals surface area (Å²) in [6, 6.07) is 6.29. The third-order valence-corrected chi connectivity index (χ3v) is 3.07. The molecule has 0 aliphatic heterocycles. The molecule has 0 amide bonds. The van der Waals surface area contributed by atoms with E-state index in [1.165, 1.54) is 19.4 Å². The largest absolute Gasteiger partial charge is 0.496 e. The van der Waals surface area contributed by atoms with Gasteiger partial charge in [-0.2, -0.15) is 0 Å². The van der Waals surface area contributed by atoms with E-state index < -0.39 is 5.63 Å². The highest BCUT2D eigenvalue weighted by Crippen LogP contribution is 2.40. The minimum absolute atomic E-state index is 0.344. The molecule has 1 aromatic heterocycles. The molecule has 0 N–H and O–H groups in total. The third kappa shape index (κ3) is 2.30. The highest BCUT2D eigenvalue weighted by molar-refractivity contribution is 6.44. The number of ether oxygens (including phenoxy) is 1. The molecule has 0 radical (unpaired) electrons. The number of benzene rings is 1. The quantitative estimate of drug-likeness (QED) is 0.837. The highest BCUT2D eigenvalue weighted by atomic mass is 35.5. The molecule has 0 spiro atoms. The molecule has 0 fully saturated rings. The summed E-state index contributed by atoms with van der Waals surface area (Å²) in [6.45, 7) is 0. The first kappa shape index (κ1) is 12.0. The second-order valence-corrected chi connectivity index (χ2v) is 4.06. The van der Waals surface area contributed by atoms with Crippen LogP contribution in [-0.2, 0) is 0 Å².